The maximum atomic E-state index is 13.1. The number of aromatic hydroxyl groups is 2. The van der Waals surface area contributed by atoms with Gasteiger partial charge in [-0.15, -0.1) is 0 Å². The van der Waals surface area contributed by atoms with Gasteiger partial charge >= 0.3 is 0 Å². The van der Waals surface area contributed by atoms with Crippen molar-refractivity contribution in [2.75, 3.05) is 0 Å². The predicted molar refractivity (Wildman–Crippen MR) is 131 cm³/mol. The summed E-state index contributed by atoms with van der Waals surface area (Å²) < 4.78 is 0. The Morgan fingerprint density at radius 3 is 1.91 bits per heavy atom. The van der Waals surface area contributed by atoms with E-state index in [0.29, 0.717) is 11.1 Å². The van der Waals surface area contributed by atoms with Crippen molar-refractivity contribution in [1.29, 1.82) is 0 Å². The molecule has 0 heterocycles. The van der Waals surface area contributed by atoms with Crippen LogP contribution in [-0.2, 0) is 9.59 Å². The molecule has 0 bridgehead atoms. The fraction of sp³-hybridized carbons (Fsp3) is 0.0345. The summed E-state index contributed by atoms with van der Waals surface area (Å²) in [5.74, 6) is -1.10. The van der Waals surface area contributed by atoms with E-state index >= 15 is 0 Å². The zero-order valence-corrected chi connectivity index (χ0v) is 18.0. The molecule has 162 valence electrons. The van der Waals surface area contributed by atoms with E-state index in [4.69, 9.17) is 0 Å². The number of hydrogen-bond donors (Lipinski definition) is 2. The molecule has 0 aliphatic heterocycles. The number of hydrogen-bond acceptors (Lipinski definition) is 4. The van der Waals surface area contributed by atoms with Crippen LogP contribution < -0.4 is 0 Å². The molecule has 1 aliphatic carbocycles. The second-order valence-corrected chi connectivity index (χ2v) is 7.73. The van der Waals surface area contributed by atoms with E-state index in [9.17, 15) is 19.8 Å². The Hall–Kier alpha value is -4.44. The molecule has 0 aromatic heterocycles. The summed E-state index contributed by atoms with van der Waals surface area (Å²) in [5, 5.41) is 20.9. The maximum absolute atomic E-state index is 13.1. The van der Waals surface area contributed by atoms with Gasteiger partial charge in [0, 0.05) is 28.3 Å². The first-order chi connectivity index (χ1) is 15.9. The van der Waals surface area contributed by atoms with Crippen LogP contribution in [0.4, 0.5) is 0 Å². The number of rotatable bonds is 5. The molecular weight excluding hydrogens is 412 g/mol. The van der Waals surface area contributed by atoms with Crippen molar-refractivity contribution >= 4 is 35.4 Å². The second-order valence-electron chi connectivity index (χ2n) is 7.73. The number of phenolic OH excluding ortho intramolecular Hbond substituents is 2. The van der Waals surface area contributed by atoms with Crippen LogP contribution in [0.3, 0.4) is 0 Å². The highest BCUT2D eigenvalue weighted by Gasteiger charge is 2.29. The predicted octanol–water partition coefficient (Wildman–Crippen LogP) is 5.83. The second kappa shape index (κ2) is 9.37. The fourth-order valence-corrected chi connectivity index (χ4v) is 3.74. The lowest BCUT2D eigenvalue weighted by molar-refractivity contribution is -0.114. The highest BCUT2D eigenvalue weighted by atomic mass is 16.3. The molecule has 2 N–H and O–H groups in total. The van der Waals surface area contributed by atoms with Gasteiger partial charge in [0.2, 0.25) is 0 Å². The molecule has 3 aromatic rings. The van der Waals surface area contributed by atoms with E-state index in [0.717, 1.165) is 11.1 Å². The quantitative estimate of drug-likeness (QED) is 0.391. The van der Waals surface area contributed by atoms with Crippen LogP contribution in [-0.4, -0.2) is 21.8 Å². The van der Waals surface area contributed by atoms with Crippen molar-refractivity contribution in [3.05, 3.63) is 118 Å². The van der Waals surface area contributed by atoms with Crippen LogP contribution >= 0.6 is 0 Å². The molecule has 0 atom stereocenters. The van der Waals surface area contributed by atoms with E-state index in [1.807, 2.05) is 66.7 Å². The van der Waals surface area contributed by atoms with E-state index in [-0.39, 0.29) is 39.8 Å². The van der Waals surface area contributed by atoms with Crippen molar-refractivity contribution in [3.8, 4) is 11.5 Å². The minimum absolute atomic E-state index is 0.1000. The zero-order chi connectivity index (χ0) is 23.4. The number of allylic oxidation sites excluding steroid dienone is 5. The lowest BCUT2D eigenvalue weighted by atomic mass is 9.83. The smallest absolute Gasteiger partial charge is 0.189 e. The first-order valence-corrected chi connectivity index (χ1v) is 10.5. The molecule has 0 radical (unpaired) electrons. The third-order valence-corrected chi connectivity index (χ3v) is 5.35. The Morgan fingerprint density at radius 1 is 0.727 bits per heavy atom. The molecule has 1 aliphatic rings. The maximum Gasteiger partial charge on any atom is 0.189 e. The van der Waals surface area contributed by atoms with Crippen LogP contribution in [0.2, 0.25) is 0 Å². The van der Waals surface area contributed by atoms with Gasteiger partial charge in [-0.2, -0.15) is 0 Å². The van der Waals surface area contributed by atoms with Crippen molar-refractivity contribution < 1.29 is 19.8 Å². The Balaban J connectivity index is 1.91. The molecule has 33 heavy (non-hydrogen) atoms. The largest absolute Gasteiger partial charge is 0.508 e. The van der Waals surface area contributed by atoms with Crippen molar-refractivity contribution in [3.63, 3.8) is 0 Å². The molecule has 0 amide bonds. The average molecular weight is 434 g/mol. The first-order valence-electron chi connectivity index (χ1n) is 10.5. The normalized spacial score (nSPS) is 14.4. The molecule has 4 heteroatoms. The van der Waals surface area contributed by atoms with Crippen molar-refractivity contribution in [1.82, 2.24) is 0 Å². The summed E-state index contributed by atoms with van der Waals surface area (Å²) in [7, 11) is 0. The van der Waals surface area contributed by atoms with Crippen molar-refractivity contribution in [2.24, 2.45) is 0 Å². The summed E-state index contributed by atoms with van der Waals surface area (Å²) in [5.41, 5.74) is 3.03. The minimum Gasteiger partial charge on any atom is -0.508 e. The summed E-state index contributed by atoms with van der Waals surface area (Å²) >= 11 is 0. The first kappa shape index (κ1) is 21.8. The highest BCUT2D eigenvalue weighted by Crippen LogP contribution is 2.39. The van der Waals surface area contributed by atoms with Crippen LogP contribution in [0.25, 0.3) is 23.8 Å². The average Bonchev–Trinajstić information content (AvgIpc) is 2.81. The zero-order valence-electron chi connectivity index (χ0n) is 18.0. The van der Waals surface area contributed by atoms with E-state index in [2.05, 4.69) is 0 Å². The van der Waals surface area contributed by atoms with E-state index < -0.39 is 0 Å². The molecule has 4 nitrogen and oxygen atoms in total. The Bertz CT molecular complexity index is 1340. The van der Waals surface area contributed by atoms with Gasteiger partial charge in [-0.3, -0.25) is 9.59 Å². The van der Waals surface area contributed by atoms with Gasteiger partial charge in [0.05, 0.1) is 0 Å². The molecule has 0 spiro atoms. The third kappa shape index (κ3) is 4.75. The molecule has 0 fully saturated rings. The van der Waals surface area contributed by atoms with Gasteiger partial charge in [0.25, 0.3) is 0 Å². The van der Waals surface area contributed by atoms with Gasteiger partial charge in [-0.05, 0) is 41.8 Å². The molecule has 3 aromatic carbocycles. The van der Waals surface area contributed by atoms with Gasteiger partial charge in [0.15, 0.2) is 11.6 Å². The van der Waals surface area contributed by atoms with Gasteiger partial charge < -0.3 is 10.2 Å². The molecular formula is C29H22O4. The molecule has 0 saturated heterocycles. The van der Waals surface area contributed by atoms with E-state index in [1.54, 1.807) is 25.2 Å². The number of carbonyl (C=O) groups is 2. The topological polar surface area (TPSA) is 74.6 Å². The third-order valence-electron chi connectivity index (χ3n) is 5.35. The van der Waals surface area contributed by atoms with Gasteiger partial charge in [-0.25, -0.2) is 0 Å². The van der Waals surface area contributed by atoms with E-state index in [1.165, 1.54) is 18.2 Å². The lowest BCUT2D eigenvalue weighted by Gasteiger charge is -2.19. The number of phenols is 2. The summed E-state index contributed by atoms with van der Waals surface area (Å²) in [6.07, 6.45) is 8.18. The van der Waals surface area contributed by atoms with Crippen LogP contribution in [0.5, 0.6) is 11.5 Å². The molecule has 0 saturated carbocycles. The summed E-state index contributed by atoms with van der Waals surface area (Å²) in [4.78, 5) is 26.2. The van der Waals surface area contributed by atoms with Crippen LogP contribution in [0.1, 0.15) is 29.2 Å². The molecule has 4 rings (SSSR count). The standard InChI is InChI=1S/C29H22O4/c1-19-16-25(31)28(24(29(19)33)15-13-21-10-6-3-7-11-21)27-22(17-23(30)18-26(27)32)14-12-20-8-4-2-5-9-20/h2-18,30,32H,1H3/b14-12+,15-13+. The number of ketones is 2. The van der Waals surface area contributed by atoms with Crippen LogP contribution in [0.15, 0.2) is 96.1 Å². The SMILES string of the molecule is CC1=CC(=O)C(c2c(O)cc(O)cc2/C=C/c2ccccc2)=C(/C=C/c2ccccc2)C1=O. The Kier molecular flexibility index (Phi) is 6.18. The van der Waals surface area contributed by atoms with Crippen molar-refractivity contribution in [2.45, 2.75) is 6.92 Å². The molecule has 0 unspecified atom stereocenters. The van der Waals surface area contributed by atoms with Gasteiger partial charge in [-0.1, -0.05) is 78.9 Å². The highest BCUT2D eigenvalue weighted by molar-refractivity contribution is 6.39. The monoisotopic (exact) mass is 434 g/mol. The number of benzene rings is 3. The minimum atomic E-state index is -0.379. The number of carbonyl (C=O) groups excluding carboxylic acids is 2. The summed E-state index contributed by atoms with van der Waals surface area (Å²) in [6, 6.07) is 21.6. The lowest BCUT2D eigenvalue weighted by Crippen LogP contribution is -2.17. The van der Waals surface area contributed by atoms with Crippen LogP contribution in [0, 0.1) is 0 Å². The summed E-state index contributed by atoms with van der Waals surface area (Å²) in [6.45, 7) is 1.60. The Morgan fingerprint density at radius 2 is 1.30 bits per heavy atom. The Labute approximate surface area is 192 Å². The number of Topliss-reactive ketones (excluding diaryl/α,β-unsaturated/α-hetero) is 1. The fourth-order valence-electron chi connectivity index (χ4n) is 3.74. The van der Waals surface area contributed by atoms with Gasteiger partial charge in [0.1, 0.15) is 11.5 Å².